The van der Waals surface area contributed by atoms with Crippen LogP contribution in [0.1, 0.15) is 56.6 Å². The molecule has 0 saturated carbocycles. The Bertz CT molecular complexity index is 1950. The van der Waals surface area contributed by atoms with Gasteiger partial charge in [0.25, 0.3) is 0 Å². The summed E-state index contributed by atoms with van der Waals surface area (Å²) in [5, 5.41) is 0. The van der Waals surface area contributed by atoms with Crippen LogP contribution >= 0.6 is 0 Å². The quantitative estimate of drug-likeness (QED) is 0.158. The Labute approximate surface area is 284 Å². The molecule has 0 amide bonds. The Balaban J connectivity index is 1.53. The van der Waals surface area contributed by atoms with Crippen molar-refractivity contribution >= 4 is 75.7 Å². The van der Waals surface area contributed by atoms with Crippen LogP contribution in [0.25, 0.3) is 15.9 Å². The molecule has 248 valence electrons. The number of hydrogen-bond acceptors (Lipinski definition) is 6. The van der Waals surface area contributed by atoms with Crippen LogP contribution in [0.3, 0.4) is 0 Å². The molecule has 1 aliphatic heterocycles. The molecular formula is C33H41N2O7S2Se2+. The number of anilines is 1. The van der Waals surface area contributed by atoms with E-state index in [1.54, 1.807) is 0 Å². The van der Waals surface area contributed by atoms with Gasteiger partial charge in [-0.2, -0.15) is 0 Å². The SMILES string of the molecule is CCOc1ccc2[se]c(C=C3CC(C)CC(C=C4[Se]c5ccc(C)cc5N4CCCS(=O)(=O)O)=C3C)[n+](CCCS(=O)(=O)O)c2c1. The third-order valence-electron chi connectivity index (χ3n) is 8.16. The summed E-state index contributed by atoms with van der Waals surface area (Å²) in [4.78, 5) is 2.23. The number of hydrogen-bond donors (Lipinski definition) is 2. The first-order valence-corrected chi connectivity index (χ1v) is 22.0. The van der Waals surface area contributed by atoms with Crippen LogP contribution in [-0.4, -0.2) is 80.1 Å². The predicted molar refractivity (Wildman–Crippen MR) is 185 cm³/mol. The van der Waals surface area contributed by atoms with E-state index < -0.39 is 20.2 Å². The van der Waals surface area contributed by atoms with Crippen LogP contribution in [0.4, 0.5) is 5.69 Å². The third-order valence-corrected chi connectivity index (χ3v) is 14.4. The van der Waals surface area contributed by atoms with E-state index >= 15 is 0 Å². The predicted octanol–water partition coefficient (Wildman–Crippen LogP) is 4.27. The van der Waals surface area contributed by atoms with Crippen LogP contribution in [-0.2, 0) is 26.8 Å². The van der Waals surface area contributed by atoms with Crippen molar-refractivity contribution in [3.8, 4) is 5.75 Å². The molecule has 0 bridgehead atoms. The molecule has 2 aliphatic rings. The maximum absolute atomic E-state index is 11.5. The van der Waals surface area contributed by atoms with Gasteiger partial charge in [-0.25, -0.2) is 0 Å². The van der Waals surface area contributed by atoms with Gasteiger partial charge in [-0.15, -0.1) is 0 Å². The summed E-state index contributed by atoms with van der Waals surface area (Å²) in [6, 6.07) is 12.6. The monoisotopic (exact) mass is 801 g/mol. The Morgan fingerprint density at radius 2 is 1.74 bits per heavy atom. The first-order valence-electron chi connectivity index (χ1n) is 15.4. The second kappa shape index (κ2) is 14.5. The van der Waals surface area contributed by atoms with Crippen LogP contribution < -0.4 is 18.7 Å². The molecule has 2 heterocycles. The fourth-order valence-corrected chi connectivity index (χ4v) is 11.8. The fraction of sp³-hybridized carbons (Fsp3) is 0.424. The standard InChI is InChI=1S/C33H40N2O7S2Se2/c1-5-42-27-9-11-31-29(21-27)35(13-7-15-44(39,40)41)33(46-31)20-26-17-23(3)16-25(24(26)4)19-32-34(12-6-14-43(36,37)38)28-18-22(2)8-10-30(28)45-32/h8-11,18-21,23H,5-7,12-17H2,1-4H3,(H-,36,37,38,39,40,41)/p+1. The Kier molecular flexibility index (Phi) is 11.1. The van der Waals surface area contributed by atoms with Gasteiger partial charge in [-0.1, -0.05) is 0 Å². The van der Waals surface area contributed by atoms with Gasteiger partial charge in [0.15, 0.2) is 0 Å². The van der Waals surface area contributed by atoms with E-state index in [0.29, 0.717) is 38.5 Å². The molecule has 13 heteroatoms. The zero-order valence-corrected chi connectivity index (χ0v) is 31.6. The number of rotatable bonds is 12. The molecule has 46 heavy (non-hydrogen) atoms. The van der Waals surface area contributed by atoms with Gasteiger partial charge in [-0.05, 0) is 0 Å². The van der Waals surface area contributed by atoms with E-state index in [9.17, 15) is 25.9 Å². The fourth-order valence-electron chi connectivity index (χ4n) is 6.00. The Morgan fingerprint density at radius 1 is 1.00 bits per heavy atom. The zero-order chi connectivity index (χ0) is 33.2. The van der Waals surface area contributed by atoms with Crippen LogP contribution in [0.2, 0.25) is 0 Å². The first kappa shape index (κ1) is 35.1. The van der Waals surface area contributed by atoms with Crippen molar-refractivity contribution < 1.29 is 35.2 Å². The minimum atomic E-state index is -4.06. The summed E-state index contributed by atoms with van der Waals surface area (Å²) < 4.78 is 77.5. The average molecular weight is 800 g/mol. The van der Waals surface area contributed by atoms with Crippen molar-refractivity contribution in [1.82, 2.24) is 0 Å². The van der Waals surface area contributed by atoms with Crippen LogP contribution in [0.5, 0.6) is 5.75 Å². The van der Waals surface area contributed by atoms with Gasteiger partial charge < -0.3 is 0 Å². The second-order valence-electron chi connectivity index (χ2n) is 12.0. The summed E-state index contributed by atoms with van der Waals surface area (Å²) >= 11 is 0.0781. The van der Waals surface area contributed by atoms with E-state index in [1.807, 2.05) is 19.1 Å². The summed E-state index contributed by atoms with van der Waals surface area (Å²) in [6.07, 6.45) is 7.10. The molecule has 1 atom stereocenters. The Morgan fingerprint density at radius 3 is 2.46 bits per heavy atom. The molecular weight excluding hydrogens is 758 g/mol. The van der Waals surface area contributed by atoms with Crippen molar-refractivity contribution in [3.63, 3.8) is 0 Å². The van der Waals surface area contributed by atoms with E-state index in [-0.39, 0.29) is 41.0 Å². The normalized spacial score (nSPS) is 19.1. The molecule has 0 saturated heterocycles. The first-order chi connectivity index (χ1) is 21.7. The zero-order valence-electron chi connectivity index (χ0n) is 26.5. The van der Waals surface area contributed by atoms with Gasteiger partial charge in [0.1, 0.15) is 0 Å². The summed E-state index contributed by atoms with van der Waals surface area (Å²) in [7, 11) is -8.10. The van der Waals surface area contributed by atoms with Crippen molar-refractivity contribution in [2.24, 2.45) is 5.92 Å². The van der Waals surface area contributed by atoms with Gasteiger partial charge in [0.2, 0.25) is 0 Å². The number of ether oxygens (including phenoxy) is 1. The van der Waals surface area contributed by atoms with Crippen molar-refractivity contribution in [2.45, 2.75) is 59.9 Å². The molecule has 2 N–H and O–H groups in total. The van der Waals surface area contributed by atoms with Crippen molar-refractivity contribution in [2.75, 3.05) is 29.6 Å². The molecule has 1 unspecified atom stereocenters. The summed E-state index contributed by atoms with van der Waals surface area (Å²) in [5.74, 6) is 0.630. The van der Waals surface area contributed by atoms with Crippen LogP contribution in [0, 0.1) is 12.8 Å². The molecule has 0 radical (unpaired) electrons. The second-order valence-corrected chi connectivity index (χ2v) is 19.6. The third kappa shape index (κ3) is 8.82. The van der Waals surface area contributed by atoms with E-state index in [2.05, 4.69) is 66.7 Å². The molecule has 9 nitrogen and oxygen atoms in total. The summed E-state index contributed by atoms with van der Waals surface area (Å²) in [5.41, 5.74) is 7.06. The van der Waals surface area contributed by atoms with Crippen LogP contribution in [0.15, 0.2) is 63.8 Å². The van der Waals surface area contributed by atoms with E-state index in [4.69, 9.17) is 4.74 Å². The van der Waals surface area contributed by atoms with Gasteiger partial charge in [0, 0.05) is 0 Å². The number of allylic oxidation sites excluding steroid dienone is 4. The van der Waals surface area contributed by atoms with Crippen molar-refractivity contribution in [1.29, 1.82) is 0 Å². The van der Waals surface area contributed by atoms with E-state index in [0.717, 1.165) is 39.9 Å². The molecule has 1 aliphatic carbocycles. The van der Waals surface area contributed by atoms with E-state index in [1.165, 1.54) is 30.0 Å². The maximum atomic E-state index is 11.5. The molecule has 1 aromatic heterocycles. The summed E-state index contributed by atoms with van der Waals surface area (Å²) in [6.45, 7) is 9.97. The number of aryl methyl sites for hydroxylation is 2. The minimum absolute atomic E-state index is 0.0165. The average Bonchev–Trinajstić information content (AvgIpc) is 3.46. The number of fused-ring (bicyclic) bond motifs is 2. The molecule has 2 aromatic carbocycles. The van der Waals surface area contributed by atoms with Crippen molar-refractivity contribution in [3.05, 3.63) is 73.9 Å². The number of nitrogens with zero attached hydrogens (tertiary/aromatic N) is 2. The molecule has 3 aromatic rings. The molecule has 0 fully saturated rings. The number of aromatic nitrogens is 1. The molecule has 5 rings (SSSR count). The van der Waals surface area contributed by atoms with Gasteiger partial charge in [-0.3, -0.25) is 0 Å². The number of benzene rings is 2. The Hall–Kier alpha value is -2.21. The van der Waals surface area contributed by atoms with Gasteiger partial charge >= 0.3 is 286 Å². The van der Waals surface area contributed by atoms with Gasteiger partial charge in [0.05, 0.1) is 0 Å². The topological polar surface area (TPSA) is 125 Å². The molecule has 0 spiro atoms.